The van der Waals surface area contributed by atoms with Crippen molar-refractivity contribution in [3.8, 4) is 0 Å². The molecule has 0 saturated heterocycles. The van der Waals surface area contributed by atoms with Gasteiger partial charge in [0.05, 0.1) is 11.1 Å². The topological polar surface area (TPSA) is 40.7 Å². The number of rotatable bonds is 2. The third-order valence-electron chi connectivity index (χ3n) is 2.45. The molecule has 0 aliphatic heterocycles. The van der Waals surface area contributed by atoms with Crippen molar-refractivity contribution < 1.29 is 13.2 Å². The third-order valence-corrected chi connectivity index (χ3v) is 2.45. The lowest BCUT2D eigenvalue weighted by atomic mass is 10.1. The summed E-state index contributed by atoms with van der Waals surface area (Å²) in [6, 6.07) is 2.82. The Kier molecular flexibility index (Phi) is 2.82. The molecule has 1 heterocycles. The highest BCUT2D eigenvalue weighted by Gasteiger charge is 2.34. The Hall–Kier alpha value is -1.56. The Morgan fingerprint density at radius 2 is 2.06 bits per heavy atom. The third kappa shape index (κ3) is 2.26. The summed E-state index contributed by atoms with van der Waals surface area (Å²) in [7, 11) is 1.69. The number of aromatic amines is 1. The molecule has 17 heavy (non-hydrogen) atoms. The highest BCUT2D eigenvalue weighted by atomic mass is 19.4. The van der Waals surface area contributed by atoms with Gasteiger partial charge in [-0.2, -0.15) is 13.2 Å². The molecule has 0 radical (unpaired) electrons. The first-order valence-corrected chi connectivity index (χ1v) is 5.13. The SMILES string of the molecule is CNCc1cc(C(F)(F)F)c2nc(C)[nH]c2c1. The number of alkyl halides is 3. The van der Waals surface area contributed by atoms with Crippen LogP contribution in [-0.2, 0) is 12.7 Å². The quantitative estimate of drug-likeness (QED) is 0.851. The second kappa shape index (κ2) is 4.03. The Morgan fingerprint density at radius 1 is 1.35 bits per heavy atom. The van der Waals surface area contributed by atoms with Crippen LogP contribution in [0.3, 0.4) is 0 Å². The molecule has 3 nitrogen and oxygen atoms in total. The van der Waals surface area contributed by atoms with Gasteiger partial charge < -0.3 is 10.3 Å². The number of fused-ring (bicyclic) bond motifs is 1. The molecule has 2 rings (SSSR count). The van der Waals surface area contributed by atoms with Gasteiger partial charge in [0.1, 0.15) is 11.3 Å². The molecule has 0 aliphatic carbocycles. The van der Waals surface area contributed by atoms with Crippen LogP contribution in [0.25, 0.3) is 11.0 Å². The van der Waals surface area contributed by atoms with Crippen molar-refractivity contribution in [3.05, 3.63) is 29.1 Å². The van der Waals surface area contributed by atoms with Gasteiger partial charge in [0, 0.05) is 6.54 Å². The summed E-state index contributed by atoms with van der Waals surface area (Å²) in [5.74, 6) is 0.479. The van der Waals surface area contributed by atoms with E-state index in [4.69, 9.17) is 0 Å². The fourth-order valence-electron chi connectivity index (χ4n) is 1.82. The molecule has 1 aromatic heterocycles. The van der Waals surface area contributed by atoms with Gasteiger partial charge in [-0.25, -0.2) is 4.98 Å². The second-order valence-corrected chi connectivity index (χ2v) is 3.89. The molecule has 92 valence electrons. The maximum atomic E-state index is 12.9. The van der Waals surface area contributed by atoms with Crippen LogP contribution in [0.15, 0.2) is 12.1 Å². The molecular formula is C11H12F3N3. The van der Waals surface area contributed by atoms with Gasteiger partial charge in [-0.15, -0.1) is 0 Å². The molecule has 1 aromatic carbocycles. The van der Waals surface area contributed by atoms with E-state index in [1.807, 2.05) is 0 Å². The summed E-state index contributed by atoms with van der Waals surface area (Å²) in [6.07, 6.45) is -4.39. The summed E-state index contributed by atoms with van der Waals surface area (Å²) in [6.45, 7) is 2.02. The van der Waals surface area contributed by atoms with Crippen LogP contribution in [-0.4, -0.2) is 17.0 Å². The molecule has 0 saturated carbocycles. The Morgan fingerprint density at radius 3 is 2.65 bits per heavy atom. The Bertz CT molecular complexity index is 543. The van der Waals surface area contributed by atoms with Gasteiger partial charge in [0.15, 0.2) is 0 Å². The number of H-pyrrole nitrogens is 1. The monoisotopic (exact) mass is 243 g/mol. The predicted molar refractivity (Wildman–Crippen MR) is 58.6 cm³/mol. The number of nitrogens with one attached hydrogen (secondary N) is 2. The minimum absolute atomic E-state index is 0.0187. The maximum Gasteiger partial charge on any atom is 0.418 e. The number of halogens is 3. The van der Waals surface area contributed by atoms with Crippen molar-refractivity contribution in [2.45, 2.75) is 19.6 Å². The number of nitrogens with zero attached hydrogens (tertiary/aromatic N) is 1. The van der Waals surface area contributed by atoms with E-state index in [1.54, 1.807) is 20.0 Å². The molecule has 2 N–H and O–H groups in total. The molecule has 0 amide bonds. The van der Waals surface area contributed by atoms with Gasteiger partial charge in [-0.3, -0.25) is 0 Å². The van der Waals surface area contributed by atoms with E-state index in [0.29, 0.717) is 23.4 Å². The zero-order valence-electron chi connectivity index (χ0n) is 9.44. The summed E-state index contributed by atoms with van der Waals surface area (Å²) >= 11 is 0. The van der Waals surface area contributed by atoms with E-state index in [9.17, 15) is 13.2 Å². The highest BCUT2D eigenvalue weighted by molar-refractivity contribution is 5.80. The first-order chi connectivity index (χ1) is 7.91. The van der Waals surface area contributed by atoms with Crippen molar-refractivity contribution in [2.75, 3.05) is 7.05 Å². The normalized spacial score (nSPS) is 12.3. The summed E-state index contributed by atoms with van der Waals surface area (Å²) in [5.41, 5.74) is 0.290. The fourth-order valence-corrected chi connectivity index (χ4v) is 1.82. The maximum absolute atomic E-state index is 12.9. The zero-order chi connectivity index (χ0) is 12.6. The first kappa shape index (κ1) is 11.9. The van der Waals surface area contributed by atoms with Crippen molar-refractivity contribution in [1.82, 2.24) is 15.3 Å². The molecule has 0 unspecified atom stereocenters. The summed E-state index contributed by atoms with van der Waals surface area (Å²) in [5, 5.41) is 2.83. The molecule has 6 heteroatoms. The van der Waals surface area contributed by atoms with Crippen LogP contribution in [0, 0.1) is 6.92 Å². The first-order valence-electron chi connectivity index (χ1n) is 5.13. The van der Waals surface area contributed by atoms with Crippen molar-refractivity contribution in [3.63, 3.8) is 0 Å². The molecular weight excluding hydrogens is 231 g/mol. The molecule has 0 spiro atoms. The van der Waals surface area contributed by atoms with Gasteiger partial charge in [0.2, 0.25) is 0 Å². The molecule has 0 atom stereocenters. The average molecular weight is 243 g/mol. The number of hydrogen-bond acceptors (Lipinski definition) is 2. The van der Waals surface area contributed by atoms with E-state index in [0.717, 1.165) is 6.07 Å². The van der Waals surface area contributed by atoms with E-state index in [2.05, 4.69) is 15.3 Å². The predicted octanol–water partition coefficient (Wildman–Crippen LogP) is 2.61. The Balaban J connectivity index is 2.69. The van der Waals surface area contributed by atoms with Gasteiger partial charge in [0.25, 0.3) is 0 Å². The number of hydrogen-bond donors (Lipinski definition) is 2. The fraction of sp³-hybridized carbons (Fsp3) is 0.364. The van der Waals surface area contributed by atoms with Crippen molar-refractivity contribution in [1.29, 1.82) is 0 Å². The van der Waals surface area contributed by atoms with E-state index in [-0.39, 0.29) is 5.52 Å². The number of aromatic nitrogens is 2. The van der Waals surface area contributed by atoms with Crippen LogP contribution in [0.4, 0.5) is 13.2 Å². The smallest absolute Gasteiger partial charge is 0.342 e. The lowest BCUT2D eigenvalue weighted by Crippen LogP contribution is -2.10. The number of aryl methyl sites for hydroxylation is 1. The molecule has 0 aliphatic rings. The van der Waals surface area contributed by atoms with E-state index >= 15 is 0 Å². The van der Waals surface area contributed by atoms with E-state index in [1.165, 1.54) is 0 Å². The van der Waals surface area contributed by atoms with Crippen molar-refractivity contribution >= 4 is 11.0 Å². The molecule has 0 fully saturated rings. The van der Waals surface area contributed by atoms with Gasteiger partial charge in [-0.05, 0) is 31.7 Å². The van der Waals surface area contributed by atoms with Crippen LogP contribution in [0.5, 0.6) is 0 Å². The van der Waals surface area contributed by atoms with Gasteiger partial charge >= 0.3 is 6.18 Å². The largest absolute Gasteiger partial charge is 0.418 e. The van der Waals surface area contributed by atoms with Crippen LogP contribution in [0.2, 0.25) is 0 Å². The highest BCUT2D eigenvalue weighted by Crippen LogP contribution is 2.34. The van der Waals surface area contributed by atoms with Crippen LogP contribution in [0.1, 0.15) is 17.0 Å². The minimum Gasteiger partial charge on any atom is -0.342 e. The van der Waals surface area contributed by atoms with Gasteiger partial charge in [-0.1, -0.05) is 0 Å². The lowest BCUT2D eigenvalue weighted by molar-refractivity contribution is -0.136. The van der Waals surface area contributed by atoms with E-state index < -0.39 is 11.7 Å². The zero-order valence-corrected chi connectivity index (χ0v) is 9.44. The average Bonchev–Trinajstić information content (AvgIpc) is 2.55. The van der Waals surface area contributed by atoms with Crippen molar-refractivity contribution in [2.24, 2.45) is 0 Å². The summed E-state index contributed by atoms with van der Waals surface area (Å²) in [4.78, 5) is 6.72. The molecule has 2 aromatic rings. The summed E-state index contributed by atoms with van der Waals surface area (Å²) < 4.78 is 38.6. The number of benzene rings is 1. The van der Waals surface area contributed by atoms with Crippen LogP contribution < -0.4 is 5.32 Å². The second-order valence-electron chi connectivity index (χ2n) is 3.89. The number of imidazole rings is 1. The minimum atomic E-state index is -4.39. The Labute approximate surface area is 96.0 Å². The standard InChI is InChI=1S/C11H12F3N3/c1-6-16-9-4-7(5-15-2)3-8(10(9)17-6)11(12,13)14/h3-4,15H,5H2,1-2H3,(H,16,17). The lowest BCUT2D eigenvalue weighted by Gasteiger charge is -2.09. The molecule has 0 bridgehead atoms. The van der Waals surface area contributed by atoms with Crippen LogP contribution >= 0.6 is 0 Å².